The third-order valence-corrected chi connectivity index (χ3v) is 2.79. The van der Waals surface area contributed by atoms with E-state index in [9.17, 15) is 5.11 Å². The normalized spacial score (nSPS) is 11.0. The van der Waals surface area contributed by atoms with Gasteiger partial charge in [-0.3, -0.25) is 0 Å². The molecule has 15 heavy (non-hydrogen) atoms. The molecule has 0 heterocycles. The first-order valence-electron chi connectivity index (χ1n) is 5.22. The number of hydrogen-bond donors (Lipinski definition) is 2. The highest BCUT2D eigenvalue weighted by Crippen LogP contribution is 2.31. The van der Waals surface area contributed by atoms with E-state index in [2.05, 4.69) is 19.2 Å². The average Bonchev–Trinajstić information content (AvgIpc) is 2.18. The molecule has 0 unspecified atom stereocenters. The van der Waals surface area contributed by atoms with Crippen LogP contribution in [0.5, 0.6) is 5.75 Å². The van der Waals surface area contributed by atoms with E-state index in [1.165, 1.54) is 0 Å². The van der Waals surface area contributed by atoms with Gasteiger partial charge in [-0.05, 0) is 49.2 Å². The van der Waals surface area contributed by atoms with Crippen LogP contribution in [-0.4, -0.2) is 18.7 Å². The first-order chi connectivity index (χ1) is 7.06. The second-order valence-electron chi connectivity index (χ2n) is 4.01. The second-order valence-corrected chi connectivity index (χ2v) is 4.42. The molecule has 0 aromatic heterocycles. The van der Waals surface area contributed by atoms with Crippen molar-refractivity contribution in [2.24, 2.45) is 0 Å². The Morgan fingerprint density at radius 2 is 2.07 bits per heavy atom. The molecule has 0 aliphatic heterocycles. The molecular formula is C12H18ClNO. The number of phenolic OH excluding ortho intramolecular Hbond substituents is 1. The molecule has 0 aliphatic carbocycles. The lowest BCUT2D eigenvalue weighted by Gasteiger charge is -2.12. The fraction of sp³-hybridized carbons (Fsp3) is 0.500. The van der Waals surface area contributed by atoms with Gasteiger partial charge in [-0.1, -0.05) is 25.4 Å². The Morgan fingerprint density at radius 3 is 2.60 bits per heavy atom. The molecule has 1 aromatic carbocycles. The first kappa shape index (κ1) is 12.3. The summed E-state index contributed by atoms with van der Waals surface area (Å²) >= 11 is 6.14. The topological polar surface area (TPSA) is 32.3 Å². The summed E-state index contributed by atoms with van der Waals surface area (Å²) in [6.45, 7) is 4.97. The van der Waals surface area contributed by atoms with Crippen molar-refractivity contribution in [1.29, 1.82) is 0 Å². The Balaban J connectivity index is 2.97. The summed E-state index contributed by atoms with van der Waals surface area (Å²) in [5, 5.41) is 13.6. The molecule has 0 saturated heterocycles. The minimum Gasteiger partial charge on any atom is -0.508 e. The van der Waals surface area contributed by atoms with Crippen molar-refractivity contribution < 1.29 is 5.11 Å². The number of benzene rings is 1. The maximum atomic E-state index is 9.80. The van der Waals surface area contributed by atoms with Crippen LogP contribution in [0.25, 0.3) is 0 Å². The van der Waals surface area contributed by atoms with E-state index < -0.39 is 0 Å². The Hall–Kier alpha value is -0.730. The maximum absolute atomic E-state index is 9.80. The zero-order valence-electron chi connectivity index (χ0n) is 9.47. The van der Waals surface area contributed by atoms with Crippen LogP contribution in [0.3, 0.4) is 0 Å². The summed E-state index contributed by atoms with van der Waals surface area (Å²) in [5.74, 6) is 0.681. The summed E-state index contributed by atoms with van der Waals surface area (Å²) in [7, 11) is 1.89. The van der Waals surface area contributed by atoms with E-state index in [1.54, 1.807) is 6.07 Å². The van der Waals surface area contributed by atoms with Gasteiger partial charge in [-0.2, -0.15) is 0 Å². The molecule has 0 spiro atoms. The molecule has 0 fully saturated rings. The molecule has 2 nitrogen and oxygen atoms in total. The molecule has 2 N–H and O–H groups in total. The number of aromatic hydroxyl groups is 1. The molecular weight excluding hydrogens is 210 g/mol. The minimum atomic E-state index is 0.335. The molecule has 0 amide bonds. The van der Waals surface area contributed by atoms with Gasteiger partial charge in [0.15, 0.2) is 0 Å². The average molecular weight is 228 g/mol. The molecule has 3 heteroatoms. The fourth-order valence-electron chi connectivity index (χ4n) is 1.52. The lowest BCUT2D eigenvalue weighted by Crippen LogP contribution is -2.10. The molecule has 0 aliphatic rings. The summed E-state index contributed by atoms with van der Waals surface area (Å²) in [6, 6.07) is 3.64. The van der Waals surface area contributed by atoms with Crippen molar-refractivity contribution in [3.8, 4) is 5.75 Å². The van der Waals surface area contributed by atoms with E-state index in [0.29, 0.717) is 11.7 Å². The van der Waals surface area contributed by atoms with Gasteiger partial charge in [0.2, 0.25) is 0 Å². The summed E-state index contributed by atoms with van der Waals surface area (Å²) in [5.41, 5.74) is 1.90. The lowest BCUT2D eigenvalue weighted by molar-refractivity contribution is 0.466. The van der Waals surface area contributed by atoms with Gasteiger partial charge >= 0.3 is 0 Å². The van der Waals surface area contributed by atoms with Gasteiger partial charge in [0.05, 0.1) is 0 Å². The molecule has 0 atom stereocenters. The van der Waals surface area contributed by atoms with Crippen molar-refractivity contribution >= 4 is 11.6 Å². The molecule has 1 rings (SSSR count). The van der Waals surface area contributed by atoms with Crippen LogP contribution in [0.2, 0.25) is 5.02 Å². The zero-order valence-corrected chi connectivity index (χ0v) is 10.2. The fourth-order valence-corrected chi connectivity index (χ4v) is 1.93. The predicted octanol–water partition coefficient (Wildman–Crippen LogP) is 2.93. The first-order valence-corrected chi connectivity index (χ1v) is 5.60. The predicted molar refractivity (Wildman–Crippen MR) is 64.8 cm³/mol. The van der Waals surface area contributed by atoms with Crippen molar-refractivity contribution in [3.05, 3.63) is 28.3 Å². The smallest absolute Gasteiger partial charge is 0.119 e. The van der Waals surface area contributed by atoms with Gasteiger partial charge < -0.3 is 10.4 Å². The van der Waals surface area contributed by atoms with Gasteiger partial charge in [0.1, 0.15) is 5.75 Å². The number of nitrogens with one attached hydrogen (secondary N) is 1. The largest absolute Gasteiger partial charge is 0.508 e. The Morgan fingerprint density at radius 1 is 1.40 bits per heavy atom. The standard InChI is InChI=1S/C12H18ClNO/c1-8(2)10-7-12(15)9(4-5-14-3)6-11(10)13/h6-8,14-15H,4-5H2,1-3H3. The Bertz CT molecular complexity index is 337. The number of hydrogen-bond acceptors (Lipinski definition) is 2. The maximum Gasteiger partial charge on any atom is 0.119 e. The van der Waals surface area contributed by atoms with Gasteiger partial charge in [-0.25, -0.2) is 0 Å². The highest BCUT2D eigenvalue weighted by Gasteiger charge is 2.10. The summed E-state index contributed by atoms with van der Waals surface area (Å²) < 4.78 is 0. The monoisotopic (exact) mass is 227 g/mol. The SMILES string of the molecule is CNCCc1cc(Cl)c(C(C)C)cc1O. The molecule has 0 saturated carbocycles. The van der Waals surface area contributed by atoms with Crippen LogP contribution in [-0.2, 0) is 6.42 Å². The number of rotatable bonds is 4. The van der Waals surface area contributed by atoms with Gasteiger partial charge in [0.25, 0.3) is 0 Å². The van der Waals surface area contributed by atoms with Gasteiger partial charge in [-0.15, -0.1) is 0 Å². The lowest BCUT2D eigenvalue weighted by atomic mass is 9.99. The van der Waals surface area contributed by atoms with Crippen molar-refractivity contribution in [2.75, 3.05) is 13.6 Å². The Labute approximate surface area is 96.3 Å². The Kier molecular flexibility index (Phi) is 4.43. The van der Waals surface area contributed by atoms with E-state index >= 15 is 0 Å². The van der Waals surface area contributed by atoms with Crippen LogP contribution < -0.4 is 5.32 Å². The van der Waals surface area contributed by atoms with E-state index in [1.807, 2.05) is 13.1 Å². The number of halogens is 1. The van der Waals surface area contributed by atoms with Crippen LogP contribution >= 0.6 is 11.6 Å². The highest BCUT2D eigenvalue weighted by atomic mass is 35.5. The third kappa shape index (κ3) is 3.11. The van der Waals surface area contributed by atoms with Crippen LogP contribution in [0.1, 0.15) is 30.9 Å². The van der Waals surface area contributed by atoms with Crippen LogP contribution in [0, 0.1) is 0 Å². The quantitative estimate of drug-likeness (QED) is 0.829. The van der Waals surface area contributed by atoms with Crippen molar-refractivity contribution in [3.63, 3.8) is 0 Å². The van der Waals surface area contributed by atoms with E-state index in [-0.39, 0.29) is 0 Å². The highest BCUT2D eigenvalue weighted by molar-refractivity contribution is 6.31. The van der Waals surface area contributed by atoms with Crippen LogP contribution in [0.15, 0.2) is 12.1 Å². The number of likely N-dealkylation sites (N-methyl/N-ethyl adjacent to an activating group) is 1. The second kappa shape index (κ2) is 5.38. The minimum absolute atomic E-state index is 0.335. The molecule has 84 valence electrons. The van der Waals surface area contributed by atoms with Gasteiger partial charge in [0, 0.05) is 5.02 Å². The van der Waals surface area contributed by atoms with E-state index in [0.717, 1.165) is 29.1 Å². The zero-order chi connectivity index (χ0) is 11.4. The molecule has 0 bridgehead atoms. The van der Waals surface area contributed by atoms with Crippen molar-refractivity contribution in [1.82, 2.24) is 5.32 Å². The number of phenols is 1. The van der Waals surface area contributed by atoms with Crippen molar-refractivity contribution in [2.45, 2.75) is 26.2 Å². The summed E-state index contributed by atoms with van der Waals surface area (Å²) in [6.07, 6.45) is 0.792. The van der Waals surface area contributed by atoms with Crippen LogP contribution in [0.4, 0.5) is 0 Å². The third-order valence-electron chi connectivity index (χ3n) is 2.46. The molecule has 1 aromatic rings. The van der Waals surface area contributed by atoms with E-state index in [4.69, 9.17) is 11.6 Å². The summed E-state index contributed by atoms with van der Waals surface area (Å²) in [4.78, 5) is 0. The molecule has 0 radical (unpaired) electrons.